The summed E-state index contributed by atoms with van der Waals surface area (Å²) in [6.45, 7) is 6.14. The Labute approximate surface area is 120 Å². The van der Waals surface area contributed by atoms with Gasteiger partial charge in [0.1, 0.15) is 0 Å². The molecule has 5 heteroatoms. The predicted molar refractivity (Wildman–Crippen MR) is 81.6 cm³/mol. The molecule has 0 aromatic heterocycles. The van der Waals surface area contributed by atoms with Gasteiger partial charge < -0.3 is 20.5 Å². The third-order valence-electron chi connectivity index (χ3n) is 2.71. The largest absolute Gasteiger partial charge is 0.392 e. The Kier molecular flexibility index (Phi) is 8.10. The van der Waals surface area contributed by atoms with Gasteiger partial charge in [-0.25, -0.2) is 4.99 Å². The number of aliphatic hydroxyl groups is 1. The molecule has 0 bridgehead atoms. The fourth-order valence-electron chi connectivity index (χ4n) is 1.64. The number of aliphatic hydroxyl groups excluding tert-OH is 1. The van der Waals surface area contributed by atoms with Crippen LogP contribution < -0.4 is 10.6 Å². The molecule has 0 unspecified atom stereocenters. The number of benzene rings is 1. The van der Waals surface area contributed by atoms with Crippen molar-refractivity contribution in [2.24, 2.45) is 4.99 Å². The van der Waals surface area contributed by atoms with E-state index in [0.29, 0.717) is 32.2 Å². The van der Waals surface area contributed by atoms with Gasteiger partial charge in [0, 0.05) is 20.2 Å². The molecule has 110 valence electrons. The van der Waals surface area contributed by atoms with Gasteiger partial charge in [-0.15, -0.1) is 6.58 Å². The third kappa shape index (κ3) is 5.86. The lowest BCUT2D eigenvalue weighted by atomic mass is 10.1. The van der Waals surface area contributed by atoms with Crippen LogP contribution in [0.25, 0.3) is 0 Å². The molecular weight excluding hydrogens is 254 g/mol. The minimum atomic E-state index is 0.0260. The first-order valence-electron chi connectivity index (χ1n) is 6.61. The summed E-state index contributed by atoms with van der Waals surface area (Å²) in [4.78, 5) is 4.49. The molecule has 0 amide bonds. The molecule has 0 saturated heterocycles. The van der Waals surface area contributed by atoms with E-state index in [0.717, 1.165) is 11.1 Å². The maximum atomic E-state index is 9.29. The first-order valence-corrected chi connectivity index (χ1v) is 6.61. The highest BCUT2D eigenvalue weighted by atomic mass is 16.5. The molecule has 0 atom stereocenters. The maximum Gasteiger partial charge on any atom is 0.191 e. The van der Waals surface area contributed by atoms with Crippen LogP contribution in [0.4, 0.5) is 0 Å². The molecule has 0 aliphatic rings. The first-order chi connectivity index (χ1) is 9.81. The number of hydrogen-bond acceptors (Lipinski definition) is 3. The van der Waals surface area contributed by atoms with Crippen LogP contribution in [0.1, 0.15) is 11.1 Å². The van der Waals surface area contributed by atoms with Crippen LogP contribution in [-0.2, 0) is 17.9 Å². The van der Waals surface area contributed by atoms with E-state index >= 15 is 0 Å². The van der Waals surface area contributed by atoms with E-state index in [1.807, 2.05) is 24.3 Å². The Morgan fingerprint density at radius 1 is 1.35 bits per heavy atom. The van der Waals surface area contributed by atoms with Gasteiger partial charge >= 0.3 is 0 Å². The van der Waals surface area contributed by atoms with E-state index in [1.165, 1.54) is 0 Å². The fraction of sp³-hybridized carbons (Fsp3) is 0.400. The van der Waals surface area contributed by atoms with Crippen molar-refractivity contribution < 1.29 is 9.84 Å². The van der Waals surface area contributed by atoms with Crippen molar-refractivity contribution in [1.29, 1.82) is 0 Å². The molecule has 0 fully saturated rings. The van der Waals surface area contributed by atoms with Gasteiger partial charge in [-0.05, 0) is 11.1 Å². The predicted octanol–water partition coefficient (Wildman–Crippen LogP) is 1.05. The van der Waals surface area contributed by atoms with Crippen molar-refractivity contribution in [1.82, 2.24) is 10.6 Å². The van der Waals surface area contributed by atoms with Gasteiger partial charge in [0.05, 0.1) is 19.8 Å². The molecule has 0 aliphatic carbocycles. The van der Waals surface area contributed by atoms with Crippen molar-refractivity contribution >= 4 is 5.96 Å². The van der Waals surface area contributed by atoms with Crippen molar-refractivity contribution in [3.05, 3.63) is 48.0 Å². The average Bonchev–Trinajstić information content (AvgIpc) is 2.49. The minimum Gasteiger partial charge on any atom is -0.392 e. The third-order valence-corrected chi connectivity index (χ3v) is 2.71. The van der Waals surface area contributed by atoms with Crippen LogP contribution in [0.3, 0.4) is 0 Å². The highest BCUT2D eigenvalue weighted by Crippen LogP contribution is 2.09. The molecule has 1 aromatic carbocycles. The van der Waals surface area contributed by atoms with Crippen molar-refractivity contribution in [3.63, 3.8) is 0 Å². The Balaban J connectivity index is 2.65. The second kappa shape index (κ2) is 10.00. The lowest BCUT2D eigenvalue weighted by Crippen LogP contribution is -2.39. The Bertz CT molecular complexity index is 433. The van der Waals surface area contributed by atoms with E-state index in [9.17, 15) is 5.11 Å². The Hall–Kier alpha value is -1.85. The molecule has 0 aliphatic heterocycles. The van der Waals surface area contributed by atoms with E-state index < -0.39 is 0 Å². The molecule has 0 spiro atoms. The summed E-state index contributed by atoms with van der Waals surface area (Å²) in [5.74, 6) is 0.703. The SMILES string of the molecule is C=CCNC(=NCc1ccccc1CO)NCCOC. The number of nitrogens with one attached hydrogen (secondary N) is 2. The smallest absolute Gasteiger partial charge is 0.191 e. The maximum absolute atomic E-state index is 9.29. The second-order valence-electron chi connectivity index (χ2n) is 4.18. The second-order valence-corrected chi connectivity index (χ2v) is 4.18. The van der Waals surface area contributed by atoms with E-state index in [-0.39, 0.29) is 6.61 Å². The topological polar surface area (TPSA) is 65.9 Å². The molecule has 3 N–H and O–H groups in total. The van der Waals surface area contributed by atoms with Crippen LogP contribution in [-0.4, -0.2) is 37.9 Å². The molecule has 1 aromatic rings. The zero-order valence-corrected chi connectivity index (χ0v) is 11.9. The van der Waals surface area contributed by atoms with Crippen LogP contribution in [0.15, 0.2) is 41.9 Å². The summed E-state index contributed by atoms with van der Waals surface area (Å²) in [6, 6.07) is 7.72. The highest BCUT2D eigenvalue weighted by Gasteiger charge is 2.01. The normalized spacial score (nSPS) is 11.2. The van der Waals surface area contributed by atoms with Gasteiger partial charge in [-0.2, -0.15) is 0 Å². The number of nitrogens with zero attached hydrogens (tertiary/aromatic N) is 1. The molecule has 0 saturated carbocycles. The molecule has 20 heavy (non-hydrogen) atoms. The zero-order valence-electron chi connectivity index (χ0n) is 11.9. The quantitative estimate of drug-likeness (QED) is 0.287. The molecule has 0 radical (unpaired) electrons. The summed E-state index contributed by atoms with van der Waals surface area (Å²) in [7, 11) is 1.66. The highest BCUT2D eigenvalue weighted by molar-refractivity contribution is 5.79. The number of aliphatic imine (C=N–C) groups is 1. The fourth-order valence-corrected chi connectivity index (χ4v) is 1.64. The van der Waals surface area contributed by atoms with E-state index in [2.05, 4.69) is 22.2 Å². The molecular formula is C15H23N3O2. The van der Waals surface area contributed by atoms with Crippen LogP contribution >= 0.6 is 0 Å². The van der Waals surface area contributed by atoms with Gasteiger partial charge in [0.25, 0.3) is 0 Å². The zero-order chi connectivity index (χ0) is 14.6. The van der Waals surface area contributed by atoms with Crippen LogP contribution in [0, 0.1) is 0 Å². The number of methoxy groups -OCH3 is 1. The van der Waals surface area contributed by atoms with Gasteiger partial charge in [0.2, 0.25) is 0 Å². The van der Waals surface area contributed by atoms with Crippen molar-refractivity contribution in [2.75, 3.05) is 26.8 Å². The van der Waals surface area contributed by atoms with Crippen molar-refractivity contribution in [2.45, 2.75) is 13.2 Å². The van der Waals surface area contributed by atoms with Gasteiger partial charge in [-0.1, -0.05) is 30.3 Å². The van der Waals surface area contributed by atoms with E-state index in [1.54, 1.807) is 13.2 Å². The molecule has 5 nitrogen and oxygen atoms in total. The summed E-state index contributed by atoms with van der Waals surface area (Å²) < 4.78 is 5.00. The summed E-state index contributed by atoms with van der Waals surface area (Å²) >= 11 is 0. The summed E-state index contributed by atoms with van der Waals surface area (Å²) in [6.07, 6.45) is 1.77. The number of ether oxygens (including phenoxy) is 1. The Morgan fingerprint density at radius 3 is 2.75 bits per heavy atom. The lowest BCUT2D eigenvalue weighted by molar-refractivity contribution is 0.203. The van der Waals surface area contributed by atoms with Gasteiger partial charge in [-0.3, -0.25) is 0 Å². The number of rotatable bonds is 8. The first kappa shape index (κ1) is 16.2. The lowest BCUT2D eigenvalue weighted by Gasteiger charge is -2.11. The summed E-state index contributed by atoms with van der Waals surface area (Å²) in [5, 5.41) is 15.6. The number of hydrogen-bond donors (Lipinski definition) is 3. The molecule has 0 heterocycles. The monoisotopic (exact) mass is 277 g/mol. The van der Waals surface area contributed by atoms with Crippen LogP contribution in [0.5, 0.6) is 0 Å². The average molecular weight is 277 g/mol. The number of guanidine groups is 1. The van der Waals surface area contributed by atoms with E-state index in [4.69, 9.17) is 4.74 Å². The minimum absolute atomic E-state index is 0.0260. The molecule has 1 rings (SSSR count). The summed E-state index contributed by atoms with van der Waals surface area (Å²) in [5.41, 5.74) is 1.91. The van der Waals surface area contributed by atoms with Crippen LogP contribution in [0.2, 0.25) is 0 Å². The standard InChI is InChI=1S/C15H23N3O2/c1-3-8-16-15(17-9-10-20-2)18-11-13-6-4-5-7-14(13)12-19/h3-7,19H,1,8-12H2,2H3,(H2,16,17,18). The van der Waals surface area contributed by atoms with Gasteiger partial charge in [0.15, 0.2) is 5.96 Å². The Morgan fingerprint density at radius 2 is 2.10 bits per heavy atom. The van der Waals surface area contributed by atoms with Crippen molar-refractivity contribution in [3.8, 4) is 0 Å².